The predicted molar refractivity (Wildman–Crippen MR) is 114 cm³/mol. The molecule has 0 radical (unpaired) electrons. The maximum Gasteiger partial charge on any atom is 0.420 e. The van der Waals surface area contributed by atoms with E-state index in [9.17, 15) is 22.8 Å². The summed E-state index contributed by atoms with van der Waals surface area (Å²) in [6.45, 7) is 0.197. The highest BCUT2D eigenvalue weighted by molar-refractivity contribution is 5.90. The van der Waals surface area contributed by atoms with Crippen molar-refractivity contribution in [3.63, 3.8) is 0 Å². The van der Waals surface area contributed by atoms with Crippen LogP contribution in [-0.2, 0) is 22.3 Å². The first-order valence-corrected chi connectivity index (χ1v) is 9.72. The molecular formula is C22H24ClF3N2O4. The summed E-state index contributed by atoms with van der Waals surface area (Å²) in [5, 5.41) is 2.76. The van der Waals surface area contributed by atoms with Crippen LogP contribution >= 0.6 is 12.4 Å². The lowest BCUT2D eigenvalue weighted by molar-refractivity contribution is -0.138. The second-order valence-corrected chi connectivity index (χ2v) is 7.48. The zero-order valence-corrected chi connectivity index (χ0v) is 18.1. The van der Waals surface area contributed by atoms with Crippen LogP contribution in [0.4, 0.5) is 13.2 Å². The molecule has 0 saturated heterocycles. The van der Waals surface area contributed by atoms with E-state index in [2.05, 4.69) is 5.32 Å². The maximum absolute atomic E-state index is 13.3. The number of rotatable bonds is 6. The number of carbonyl (C=O) groups excluding carboxylic acids is 2. The van der Waals surface area contributed by atoms with Gasteiger partial charge in [-0.3, -0.25) is 9.59 Å². The van der Waals surface area contributed by atoms with Crippen LogP contribution < -0.4 is 20.5 Å². The van der Waals surface area contributed by atoms with Crippen molar-refractivity contribution in [3.05, 3.63) is 53.6 Å². The number of alkyl halides is 3. The van der Waals surface area contributed by atoms with Gasteiger partial charge in [0.1, 0.15) is 28.6 Å². The van der Waals surface area contributed by atoms with Crippen LogP contribution in [0.15, 0.2) is 42.5 Å². The van der Waals surface area contributed by atoms with Crippen molar-refractivity contribution in [2.24, 2.45) is 5.73 Å². The van der Waals surface area contributed by atoms with Crippen molar-refractivity contribution in [2.45, 2.75) is 43.9 Å². The zero-order chi connectivity index (χ0) is 22.6. The van der Waals surface area contributed by atoms with Crippen molar-refractivity contribution in [2.75, 3.05) is 7.11 Å². The van der Waals surface area contributed by atoms with E-state index in [1.165, 1.54) is 31.4 Å². The highest BCUT2D eigenvalue weighted by atomic mass is 35.5. The van der Waals surface area contributed by atoms with E-state index in [1.54, 1.807) is 12.1 Å². The largest absolute Gasteiger partial charge is 0.497 e. The molecule has 0 aliphatic heterocycles. The Morgan fingerprint density at radius 2 is 1.69 bits per heavy atom. The number of ether oxygens (including phenoxy) is 2. The molecule has 32 heavy (non-hydrogen) atoms. The van der Waals surface area contributed by atoms with Crippen molar-refractivity contribution in [1.29, 1.82) is 0 Å². The topological polar surface area (TPSA) is 90.7 Å². The lowest BCUT2D eigenvalue weighted by Gasteiger charge is -2.31. The molecule has 0 heterocycles. The van der Waals surface area contributed by atoms with Gasteiger partial charge in [0.05, 0.1) is 12.6 Å². The van der Waals surface area contributed by atoms with Crippen molar-refractivity contribution < 1.29 is 32.2 Å². The summed E-state index contributed by atoms with van der Waals surface area (Å²) in [7, 11) is 1.29. The van der Waals surface area contributed by atoms with E-state index < -0.39 is 17.3 Å². The van der Waals surface area contributed by atoms with Gasteiger partial charge in [0.25, 0.3) is 0 Å². The summed E-state index contributed by atoms with van der Waals surface area (Å²) < 4.78 is 50.2. The number of Topliss-reactive ketones (excluding diaryl/α,β-unsaturated/α-hetero) is 1. The SMILES string of the molecule is COc1ccc(Oc2ccc(CNC(=O)C3(N)CCC(=O)CC3)cc2)c(C(F)(F)F)c1.Cl. The molecule has 3 N–H and O–H groups in total. The summed E-state index contributed by atoms with van der Waals surface area (Å²) >= 11 is 0. The number of hydrogen-bond donors (Lipinski definition) is 2. The standard InChI is InChI=1S/C22H23F3N2O4.ClH/c1-30-17-6-7-19(18(12-17)22(23,24)25)31-16-4-2-14(3-5-16)13-27-20(29)21(26)10-8-15(28)9-11-21;/h2-7,12H,8-11,13,26H2,1H3,(H,27,29);1H. The summed E-state index contributed by atoms with van der Waals surface area (Å²) in [4.78, 5) is 23.8. The van der Waals surface area contributed by atoms with Gasteiger partial charge in [0, 0.05) is 19.4 Å². The Morgan fingerprint density at radius 3 is 2.25 bits per heavy atom. The molecule has 1 fully saturated rings. The molecule has 1 aliphatic carbocycles. The Bertz CT molecular complexity index is 955. The van der Waals surface area contributed by atoms with Gasteiger partial charge in [-0.15, -0.1) is 12.4 Å². The Morgan fingerprint density at radius 1 is 1.09 bits per heavy atom. The lowest BCUT2D eigenvalue weighted by atomic mass is 9.81. The summed E-state index contributed by atoms with van der Waals surface area (Å²) in [5.41, 5.74) is 4.85. The molecule has 1 aliphatic rings. The molecule has 1 saturated carbocycles. The number of nitrogens with one attached hydrogen (secondary N) is 1. The van der Waals surface area contributed by atoms with E-state index in [0.29, 0.717) is 25.7 Å². The molecule has 2 aromatic rings. The van der Waals surface area contributed by atoms with Crippen LogP contribution in [0, 0.1) is 0 Å². The Hall–Kier alpha value is -2.78. The molecule has 0 spiro atoms. The minimum atomic E-state index is -4.60. The second kappa shape index (κ2) is 10.2. The normalized spacial score (nSPS) is 15.5. The highest BCUT2D eigenvalue weighted by Crippen LogP contribution is 2.40. The van der Waals surface area contributed by atoms with Gasteiger partial charge < -0.3 is 20.5 Å². The average molecular weight is 473 g/mol. The molecule has 0 aromatic heterocycles. The fraction of sp³-hybridized carbons (Fsp3) is 0.364. The number of methoxy groups -OCH3 is 1. The average Bonchev–Trinajstić information content (AvgIpc) is 2.74. The fourth-order valence-electron chi connectivity index (χ4n) is 3.31. The molecular weight excluding hydrogens is 449 g/mol. The fourth-order valence-corrected chi connectivity index (χ4v) is 3.31. The number of amides is 1. The third-order valence-electron chi connectivity index (χ3n) is 5.25. The van der Waals surface area contributed by atoms with Crippen LogP contribution in [0.3, 0.4) is 0 Å². The quantitative estimate of drug-likeness (QED) is 0.651. The first-order chi connectivity index (χ1) is 14.6. The Balaban J connectivity index is 0.00000363. The number of ketones is 1. The van der Waals surface area contributed by atoms with Gasteiger partial charge in [-0.25, -0.2) is 0 Å². The van der Waals surface area contributed by atoms with E-state index in [-0.39, 0.29) is 47.9 Å². The molecule has 2 aromatic carbocycles. The van der Waals surface area contributed by atoms with Crippen LogP contribution in [0.2, 0.25) is 0 Å². The first kappa shape index (κ1) is 25.5. The van der Waals surface area contributed by atoms with Gasteiger partial charge in [0.2, 0.25) is 5.91 Å². The molecule has 0 atom stereocenters. The molecule has 0 bridgehead atoms. The van der Waals surface area contributed by atoms with Gasteiger partial charge in [-0.1, -0.05) is 12.1 Å². The number of benzene rings is 2. The molecule has 1 amide bonds. The number of nitrogens with two attached hydrogens (primary N) is 1. The van der Waals surface area contributed by atoms with Crippen LogP contribution in [0.1, 0.15) is 36.8 Å². The number of hydrogen-bond acceptors (Lipinski definition) is 5. The van der Waals surface area contributed by atoms with Crippen molar-refractivity contribution in [1.82, 2.24) is 5.32 Å². The van der Waals surface area contributed by atoms with E-state index in [4.69, 9.17) is 15.2 Å². The van der Waals surface area contributed by atoms with Gasteiger partial charge in [-0.05, 0) is 48.7 Å². The molecule has 174 valence electrons. The lowest BCUT2D eigenvalue weighted by Crippen LogP contribution is -2.55. The zero-order valence-electron chi connectivity index (χ0n) is 17.3. The number of halogens is 4. The van der Waals surface area contributed by atoms with Crippen LogP contribution in [0.5, 0.6) is 17.2 Å². The molecule has 0 unspecified atom stereocenters. The first-order valence-electron chi connectivity index (χ1n) is 9.72. The monoisotopic (exact) mass is 472 g/mol. The predicted octanol–water partition coefficient (Wildman–Crippen LogP) is 4.38. The summed E-state index contributed by atoms with van der Waals surface area (Å²) in [6, 6.07) is 9.77. The van der Waals surface area contributed by atoms with Gasteiger partial charge in [-0.2, -0.15) is 13.2 Å². The van der Waals surface area contributed by atoms with Crippen LogP contribution in [0.25, 0.3) is 0 Å². The van der Waals surface area contributed by atoms with E-state index >= 15 is 0 Å². The smallest absolute Gasteiger partial charge is 0.420 e. The number of carbonyl (C=O) groups is 2. The molecule has 6 nitrogen and oxygen atoms in total. The van der Waals surface area contributed by atoms with Gasteiger partial charge >= 0.3 is 6.18 Å². The maximum atomic E-state index is 13.3. The van der Waals surface area contributed by atoms with Crippen molar-refractivity contribution in [3.8, 4) is 17.2 Å². The second-order valence-electron chi connectivity index (χ2n) is 7.48. The van der Waals surface area contributed by atoms with E-state index in [0.717, 1.165) is 11.6 Å². The highest BCUT2D eigenvalue weighted by Gasteiger charge is 2.37. The van der Waals surface area contributed by atoms with E-state index in [1.807, 2.05) is 0 Å². The Labute approximate surface area is 189 Å². The van der Waals surface area contributed by atoms with Gasteiger partial charge in [0.15, 0.2) is 0 Å². The third kappa shape index (κ3) is 6.14. The molecule has 10 heteroatoms. The summed E-state index contributed by atoms with van der Waals surface area (Å²) in [6.07, 6.45) is -3.39. The minimum Gasteiger partial charge on any atom is -0.497 e. The minimum absolute atomic E-state index is 0. The third-order valence-corrected chi connectivity index (χ3v) is 5.25. The van der Waals surface area contributed by atoms with Crippen molar-refractivity contribution >= 4 is 24.1 Å². The van der Waals surface area contributed by atoms with Crippen LogP contribution in [-0.4, -0.2) is 24.3 Å². The Kier molecular flexibility index (Phi) is 8.14. The molecule has 3 rings (SSSR count). The summed E-state index contributed by atoms with van der Waals surface area (Å²) in [5.74, 6) is -0.271.